The van der Waals surface area contributed by atoms with E-state index in [-0.39, 0.29) is 18.2 Å². The zero-order valence-electron chi connectivity index (χ0n) is 14.3. The van der Waals surface area contributed by atoms with E-state index in [9.17, 15) is 4.79 Å². The standard InChI is InChI=1S/C18H27N3O3/c1-23-17-7-3-2-6-16(17)21-10-8-14(9-11-21)20-18(22)19-13-15-5-4-12-24-15/h2-3,6-7,14-15H,4-5,8-13H2,1H3,(H2,19,20,22). The summed E-state index contributed by atoms with van der Waals surface area (Å²) in [4.78, 5) is 14.3. The Hall–Kier alpha value is -1.95. The quantitative estimate of drug-likeness (QED) is 0.867. The lowest BCUT2D eigenvalue weighted by Crippen LogP contribution is -2.49. The first-order chi connectivity index (χ1) is 11.8. The number of nitrogens with zero attached hydrogens (tertiary/aromatic N) is 1. The van der Waals surface area contributed by atoms with Crippen LogP contribution in [-0.4, -0.2) is 51.5 Å². The molecule has 3 rings (SSSR count). The molecule has 1 aromatic rings. The summed E-state index contributed by atoms with van der Waals surface area (Å²) in [5.74, 6) is 0.901. The minimum Gasteiger partial charge on any atom is -0.495 e. The summed E-state index contributed by atoms with van der Waals surface area (Å²) in [5.41, 5.74) is 1.13. The molecule has 0 aliphatic carbocycles. The third-order valence-electron chi connectivity index (χ3n) is 4.77. The number of ether oxygens (including phenoxy) is 2. The Morgan fingerprint density at radius 3 is 2.79 bits per heavy atom. The van der Waals surface area contributed by atoms with Crippen LogP contribution < -0.4 is 20.3 Å². The summed E-state index contributed by atoms with van der Waals surface area (Å²) in [7, 11) is 1.70. The second-order valence-corrected chi connectivity index (χ2v) is 6.42. The summed E-state index contributed by atoms with van der Waals surface area (Å²) in [6.07, 6.45) is 4.19. The SMILES string of the molecule is COc1ccccc1N1CCC(NC(=O)NCC2CCCO2)CC1. The van der Waals surface area contributed by atoms with Gasteiger partial charge in [-0.2, -0.15) is 0 Å². The molecule has 0 bridgehead atoms. The van der Waals surface area contributed by atoms with E-state index in [2.05, 4.69) is 21.6 Å². The van der Waals surface area contributed by atoms with Crippen molar-refractivity contribution in [2.45, 2.75) is 37.8 Å². The lowest BCUT2D eigenvalue weighted by atomic mass is 10.0. The highest BCUT2D eigenvalue weighted by atomic mass is 16.5. The van der Waals surface area contributed by atoms with Gasteiger partial charge in [-0.25, -0.2) is 4.79 Å². The number of amides is 2. The Balaban J connectivity index is 1.42. The monoisotopic (exact) mass is 333 g/mol. The largest absolute Gasteiger partial charge is 0.495 e. The minimum atomic E-state index is -0.0822. The van der Waals surface area contributed by atoms with Crippen LogP contribution in [0, 0.1) is 0 Å². The molecule has 24 heavy (non-hydrogen) atoms. The van der Waals surface area contributed by atoms with Crippen LogP contribution in [0.3, 0.4) is 0 Å². The van der Waals surface area contributed by atoms with Crippen molar-refractivity contribution in [2.75, 3.05) is 38.3 Å². The molecule has 2 fully saturated rings. The first-order valence-electron chi connectivity index (χ1n) is 8.80. The third-order valence-corrected chi connectivity index (χ3v) is 4.77. The maximum atomic E-state index is 12.0. The van der Waals surface area contributed by atoms with E-state index in [1.807, 2.05) is 18.2 Å². The molecule has 132 valence electrons. The molecule has 6 heteroatoms. The number of piperidine rings is 1. The zero-order valence-corrected chi connectivity index (χ0v) is 14.3. The predicted molar refractivity (Wildman–Crippen MR) is 93.7 cm³/mol. The van der Waals surface area contributed by atoms with Crippen LogP contribution in [0.1, 0.15) is 25.7 Å². The van der Waals surface area contributed by atoms with Gasteiger partial charge in [-0.3, -0.25) is 0 Å². The molecule has 6 nitrogen and oxygen atoms in total. The Morgan fingerprint density at radius 1 is 1.29 bits per heavy atom. The van der Waals surface area contributed by atoms with E-state index in [0.29, 0.717) is 6.54 Å². The summed E-state index contributed by atoms with van der Waals surface area (Å²) in [5, 5.41) is 6.00. The van der Waals surface area contributed by atoms with Gasteiger partial charge >= 0.3 is 6.03 Å². The number of hydrogen-bond donors (Lipinski definition) is 2. The van der Waals surface area contributed by atoms with Crippen molar-refractivity contribution in [1.82, 2.24) is 10.6 Å². The number of urea groups is 1. The average Bonchev–Trinajstić information content (AvgIpc) is 3.14. The van der Waals surface area contributed by atoms with Crippen LogP contribution in [0.15, 0.2) is 24.3 Å². The highest BCUT2D eigenvalue weighted by molar-refractivity contribution is 5.74. The maximum absolute atomic E-state index is 12.0. The molecule has 1 aromatic carbocycles. The highest BCUT2D eigenvalue weighted by Gasteiger charge is 2.23. The molecule has 2 aliphatic rings. The molecule has 0 saturated carbocycles. The molecule has 1 atom stereocenters. The smallest absolute Gasteiger partial charge is 0.315 e. The first kappa shape index (κ1) is 16.9. The molecule has 0 spiro atoms. The summed E-state index contributed by atoms with van der Waals surface area (Å²) >= 11 is 0. The van der Waals surface area contributed by atoms with Crippen molar-refractivity contribution in [3.05, 3.63) is 24.3 Å². The summed E-state index contributed by atoms with van der Waals surface area (Å²) in [6, 6.07) is 8.22. The second kappa shape index (κ2) is 8.24. The number of methoxy groups -OCH3 is 1. The molecular formula is C18H27N3O3. The Kier molecular flexibility index (Phi) is 5.80. The fourth-order valence-electron chi connectivity index (χ4n) is 3.40. The van der Waals surface area contributed by atoms with Crippen LogP contribution in [0.4, 0.5) is 10.5 Å². The average molecular weight is 333 g/mol. The number of carbonyl (C=O) groups excluding carboxylic acids is 1. The van der Waals surface area contributed by atoms with E-state index >= 15 is 0 Å². The Bertz CT molecular complexity index is 538. The minimum absolute atomic E-state index is 0.0822. The van der Waals surface area contributed by atoms with E-state index in [4.69, 9.17) is 9.47 Å². The molecule has 2 N–H and O–H groups in total. The number of nitrogens with one attached hydrogen (secondary N) is 2. The van der Waals surface area contributed by atoms with Crippen molar-refractivity contribution < 1.29 is 14.3 Å². The van der Waals surface area contributed by atoms with Crippen molar-refractivity contribution in [3.63, 3.8) is 0 Å². The molecule has 0 aromatic heterocycles. The number of rotatable bonds is 5. The van der Waals surface area contributed by atoms with Gasteiger partial charge in [-0.05, 0) is 37.8 Å². The molecule has 2 amide bonds. The van der Waals surface area contributed by atoms with Crippen LogP contribution >= 0.6 is 0 Å². The second-order valence-electron chi connectivity index (χ2n) is 6.42. The summed E-state index contributed by atoms with van der Waals surface area (Å²) in [6.45, 7) is 3.25. The van der Waals surface area contributed by atoms with E-state index in [1.54, 1.807) is 7.11 Å². The zero-order chi connectivity index (χ0) is 16.8. The number of anilines is 1. The summed E-state index contributed by atoms with van der Waals surface area (Å²) < 4.78 is 11.0. The van der Waals surface area contributed by atoms with Crippen LogP contribution in [0.5, 0.6) is 5.75 Å². The van der Waals surface area contributed by atoms with Crippen molar-refractivity contribution >= 4 is 11.7 Å². The van der Waals surface area contributed by atoms with Crippen LogP contribution in [0.2, 0.25) is 0 Å². The van der Waals surface area contributed by atoms with E-state index < -0.39 is 0 Å². The van der Waals surface area contributed by atoms with Gasteiger partial charge in [-0.15, -0.1) is 0 Å². The van der Waals surface area contributed by atoms with Gasteiger partial charge in [0.15, 0.2) is 0 Å². The predicted octanol–water partition coefficient (Wildman–Crippen LogP) is 2.14. The fraction of sp³-hybridized carbons (Fsp3) is 0.611. The number of hydrogen-bond acceptors (Lipinski definition) is 4. The van der Waals surface area contributed by atoms with E-state index in [0.717, 1.165) is 56.8 Å². The third kappa shape index (κ3) is 4.32. The Labute approximate surface area is 143 Å². The topological polar surface area (TPSA) is 62.8 Å². The maximum Gasteiger partial charge on any atom is 0.315 e. The van der Waals surface area contributed by atoms with Gasteiger partial charge in [0, 0.05) is 32.3 Å². The van der Waals surface area contributed by atoms with Gasteiger partial charge < -0.3 is 25.0 Å². The van der Waals surface area contributed by atoms with Crippen molar-refractivity contribution in [1.29, 1.82) is 0 Å². The van der Waals surface area contributed by atoms with Gasteiger partial charge in [0.2, 0.25) is 0 Å². The van der Waals surface area contributed by atoms with Crippen LogP contribution in [0.25, 0.3) is 0 Å². The normalized spacial score (nSPS) is 21.5. The molecule has 2 aliphatic heterocycles. The number of benzene rings is 1. The van der Waals surface area contributed by atoms with Gasteiger partial charge in [-0.1, -0.05) is 12.1 Å². The highest BCUT2D eigenvalue weighted by Crippen LogP contribution is 2.29. The molecule has 1 unspecified atom stereocenters. The molecule has 2 heterocycles. The lowest BCUT2D eigenvalue weighted by Gasteiger charge is -2.34. The lowest BCUT2D eigenvalue weighted by molar-refractivity contribution is 0.111. The molecule has 0 radical (unpaired) electrons. The Morgan fingerprint density at radius 2 is 2.08 bits per heavy atom. The van der Waals surface area contributed by atoms with Crippen molar-refractivity contribution in [3.8, 4) is 5.75 Å². The van der Waals surface area contributed by atoms with Gasteiger partial charge in [0.05, 0.1) is 18.9 Å². The van der Waals surface area contributed by atoms with Crippen LogP contribution in [-0.2, 0) is 4.74 Å². The number of para-hydroxylation sites is 2. The first-order valence-corrected chi connectivity index (χ1v) is 8.80. The molecular weight excluding hydrogens is 306 g/mol. The molecule has 2 saturated heterocycles. The van der Waals surface area contributed by atoms with Gasteiger partial charge in [0.1, 0.15) is 5.75 Å². The number of carbonyl (C=O) groups is 1. The van der Waals surface area contributed by atoms with E-state index in [1.165, 1.54) is 0 Å². The fourth-order valence-corrected chi connectivity index (χ4v) is 3.40. The van der Waals surface area contributed by atoms with Crippen molar-refractivity contribution in [2.24, 2.45) is 0 Å². The van der Waals surface area contributed by atoms with Gasteiger partial charge in [0.25, 0.3) is 0 Å².